The molecule has 0 saturated carbocycles. The molecule has 23 heavy (non-hydrogen) atoms. The van der Waals surface area contributed by atoms with Crippen LogP contribution in [0.3, 0.4) is 0 Å². The van der Waals surface area contributed by atoms with E-state index < -0.39 is 10.0 Å². The first kappa shape index (κ1) is 17.8. The first-order valence-corrected chi connectivity index (χ1v) is 9.22. The van der Waals surface area contributed by atoms with Crippen LogP contribution in [0.25, 0.3) is 10.8 Å². The Bertz CT molecular complexity index is 767. The van der Waals surface area contributed by atoms with Gasteiger partial charge in [0.2, 0.25) is 10.0 Å². The van der Waals surface area contributed by atoms with Crippen molar-refractivity contribution in [2.45, 2.75) is 38.6 Å². The summed E-state index contributed by atoms with van der Waals surface area (Å²) in [4.78, 5) is 4.31. The van der Waals surface area contributed by atoms with Gasteiger partial charge in [0.1, 0.15) is 0 Å². The van der Waals surface area contributed by atoms with Gasteiger partial charge in [0.05, 0.1) is 4.90 Å². The fourth-order valence-electron chi connectivity index (χ4n) is 2.27. The van der Waals surface area contributed by atoms with Gasteiger partial charge in [0.15, 0.2) is 0 Å². The Morgan fingerprint density at radius 3 is 2.61 bits per heavy atom. The maximum atomic E-state index is 12.5. The van der Waals surface area contributed by atoms with Gasteiger partial charge < -0.3 is 5.32 Å². The summed E-state index contributed by atoms with van der Waals surface area (Å²) >= 11 is 0. The van der Waals surface area contributed by atoms with E-state index in [1.807, 2.05) is 13.0 Å². The van der Waals surface area contributed by atoms with Crippen LogP contribution >= 0.6 is 0 Å². The molecular weight excluding hydrogens is 310 g/mol. The molecule has 0 aliphatic rings. The van der Waals surface area contributed by atoms with Gasteiger partial charge in [-0.25, -0.2) is 13.1 Å². The lowest BCUT2D eigenvalue weighted by atomic mass is 9.97. The highest BCUT2D eigenvalue weighted by atomic mass is 32.2. The molecule has 1 aromatic carbocycles. The summed E-state index contributed by atoms with van der Waals surface area (Å²) in [5.41, 5.74) is 0.172. The minimum absolute atomic E-state index is 0.172. The summed E-state index contributed by atoms with van der Waals surface area (Å²) in [6.45, 7) is 9.70. The molecule has 2 rings (SSSR count). The number of sulfonamides is 1. The van der Waals surface area contributed by atoms with E-state index in [-0.39, 0.29) is 16.4 Å². The third kappa shape index (κ3) is 5.27. The lowest BCUT2D eigenvalue weighted by Crippen LogP contribution is -2.41. The Hall–Kier alpha value is -1.50. The molecule has 0 bridgehead atoms. The second-order valence-corrected chi connectivity index (χ2v) is 8.81. The van der Waals surface area contributed by atoms with Gasteiger partial charge in [0, 0.05) is 36.9 Å². The van der Waals surface area contributed by atoms with Gasteiger partial charge >= 0.3 is 0 Å². The van der Waals surface area contributed by atoms with Crippen LogP contribution < -0.4 is 10.0 Å². The number of fused-ring (bicyclic) bond motifs is 1. The molecule has 126 valence electrons. The maximum absolute atomic E-state index is 12.5. The van der Waals surface area contributed by atoms with Crippen LogP contribution in [-0.2, 0) is 10.0 Å². The SMILES string of the molecule is CC(CNCC(C)(C)C)NS(=O)(=O)c1ccc2cnccc2c1. The van der Waals surface area contributed by atoms with Gasteiger partial charge in [-0.05, 0) is 35.9 Å². The van der Waals surface area contributed by atoms with Gasteiger partial charge in [-0.3, -0.25) is 4.98 Å². The number of nitrogens with one attached hydrogen (secondary N) is 2. The van der Waals surface area contributed by atoms with Crippen molar-refractivity contribution in [2.75, 3.05) is 13.1 Å². The number of pyridine rings is 1. The van der Waals surface area contributed by atoms with Crippen LogP contribution in [-0.4, -0.2) is 32.5 Å². The van der Waals surface area contributed by atoms with Crippen molar-refractivity contribution >= 4 is 20.8 Å². The lowest BCUT2D eigenvalue weighted by molar-refractivity contribution is 0.372. The van der Waals surface area contributed by atoms with Gasteiger partial charge in [-0.2, -0.15) is 0 Å². The van der Waals surface area contributed by atoms with E-state index in [0.29, 0.717) is 6.54 Å². The Labute approximate surface area is 138 Å². The van der Waals surface area contributed by atoms with E-state index in [0.717, 1.165) is 17.3 Å². The highest BCUT2D eigenvalue weighted by Gasteiger charge is 2.18. The zero-order valence-electron chi connectivity index (χ0n) is 14.1. The Kier molecular flexibility index (Phi) is 5.39. The highest BCUT2D eigenvalue weighted by Crippen LogP contribution is 2.18. The summed E-state index contributed by atoms with van der Waals surface area (Å²) in [5, 5.41) is 5.08. The molecule has 1 unspecified atom stereocenters. The third-order valence-electron chi connectivity index (χ3n) is 3.38. The molecule has 0 fully saturated rings. The standard InChI is InChI=1S/C17H25N3O2S/c1-13(10-19-12-17(2,3)4)20-23(21,22)16-6-5-15-11-18-8-7-14(15)9-16/h5-9,11,13,19-20H,10,12H2,1-4H3. The molecule has 2 aromatic rings. The molecule has 1 aromatic heterocycles. The van der Waals surface area contributed by atoms with Crippen molar-refractivity contribution in [1.82, 2.24) is 15.0 Å². The van der Waals surface area contributed by atoms with Crippen molar-refractivity contribution in [2.24, 2.45) is 5.41 Å². The average Bonchev–Trinajstić information content (AvgIpc) is 2.44. The van der Waals surface area contributed by atoms with Crippen LogP contribution in [0.2, 0.25) is 0 Å². The molecule has 2 N–H and O–H groups in total. The van der Waals surface area contributed by atoms with Crippen molar-refractivity contribution in [3.8, 4) is 0 Å². The van der Waals surface area contributed by atoms with E-state index in [9.17, 15) is 8.42 Å². The van der Waals surface area contributed by atoms with E-state index in [1.54, 1.807) is 30.6 Å². The number of hydrogen-bond donors (Lipinski definition) is 2. The molecule has 0 aliphatic carbocycles. The van der Waals surface area contributed by atoms with Gasteiger partial charge in [-0.1, -0.05) is 26.8 Å². The van der Waals surface area contributed by atoms with Crippen LogP contribution in [0.5, 0.6) is 0 Å². The second-order valence-electron chi connectivity index (χ2n) is 7.10. The number of hydrogen-bond acceptors (Lipinski definition) is 4. The third-order valence-corrected chi connectivity index (χ3v) is 4.97. The normalized spacial score (nSPS) is 14.1. The van der Waals surface area contributed by atoms with Crippen molar-refractivity contribution in [1.29, 1.82) is 0 Å². The number of nitrogens with zero attached hydrogens (tertiary/aromatic N) is 1. The topological polar surface area (TPSA) is 71.1 Å². The van der Waals surface area contributed by atoms with Crippen LogP contribution in [0, 0.1) is 5.41 Å². The average molecular weight is 335 g/mol. The van der Waals surface area contributed by atoms with Crippen molar-refractivity contribution in [3.05, 3.63) is 36.7 Å². The molecule has 0 saturated heterocycles. The fraction of sp³-hybridized carbons (Fsp3) is 0.471. The first-order chi connectivity index (χ1) is 10.7. The molecule has 1 heterocycles. The van der Waals surface area contributed by atoms with E-state index in [1.165, 1.54) is 0 Å². The second kappa shape index (κ2) is 6.95. The summed E-state index contributed by atoms with van der Waals surface area (Å²) in [6.07, 6.45) is 3.38. The first-order valence-electron chi connectivity index (χ1n) is 7.74. The molecule has 1 atom stereocenters. The van der Waals surface area contributed by atoms with E-state index >= 15 is 0 Å². The Morgan fingerprint density at radius 2 is 1.91 bits per heavy atom. The summed E-state index contributed by atoms with van der Waals surface area (Å²) in [5.74, 6) is 0. The predicted octanol–water partition coefficient (Wildman–Crippen LogP) is 2.54. The molecule has 0 spiro atoms. The summed E-state index contributed by atoms with van der Waals surface area (Å²) < 4.78 is 27.7. The summed E-state index contributed by atoms with van der Waals surface area (Å²) in [7, 11) is -3.53. The molecule has 0 radical (unpaired) electrons. The number of benzene rings is 1. The van der Waals surface area contributed by atoms with Crippen LogP contribution in [0.15, 0.2) is 41.6 Å². The molecule has 0 aliphatic heterocycles. The highest BCUT2D eigenvalue weighted by molar-refractivity contribution is 7.89. The zero-order chi connectivity index (χ0) is 17.1. The molecule has 0 amide bonds. The summed E-state index contributed by atoms with van der Waals surface area (Å²) in [6, 6.07) is 6.69. The van der Waals surface area contributed by atoms with Gasteiger partial charge in [0.25, 0.3) is 0 Å². The molecular formula is C17H25N3O2S. The van der Waals surface area contributed by atoms with Crippen LogP contribution in [0.1, 0.15) is 27.7 Å². The minimum Gasteiger partial charge on any atom is -0.315 e. The Balaban J connectivity index is 2.05. The van der Waals surface area contributed by atoms with E-state index in [2.05, 4.69) is 35.8 Å². The van der Waals surface area contributed by atoms with E-state index in [4.69, 9.17) is 0 Å². The number of aromatic nitrogens is 1. The smallest absolute Gasteiger partial charge is 0.240 e. The number of rotatable bonds is 6. The van der Waals surface area contributed by atoms with Crippen molar-refractivity contribution < 1.29 is 8.42 Å². The van der Waals surface area contributed by atoms with Gasteiger partial charge in [-0.15, -0.1) is 0 Å². The Morgan fingerprint density at radius 1 is 1.17 bits per heavy atom. The fourth-order valence-corrected chi connectivity index (χ4v) is 3.55. The zero-order valence-corrected chi connectivity index (χ0v) is 14.9. The lowest BCUT2D eigenvalue weighted by Gasteiger charge is -2.21. The quantitative estimate of drug-likeness (QED) is 0.851. The molecule has 5 nitrogen and oxygen atoms in total. The largest absolute Gasteiger partial charge is 0.315 e. The predicted molar refractivity (Wildman–Crippen MR) is 93.9 cm³/mol. The van der Waals surface area contributed by atoms with Crippen LogP contribution in [0.4, 0.5) is 0 Å². The molecule has 6 heteroatoms. The van der Waals surface area contributed by atoms with Crippen molar-refractivity contribution in [3.63, 3.8) is 0 Å². The minimum atomic E-state index is -3.53. The monoisotopic (exact) mass is 335 g/mol. The maximum Gasteiger partial charge on any atom is 0.240 e.